The summed E-state index contributed by atoms with van der Waals surface area (Å²) in [5.74, 6) is -1.63. The van der Waals surface area contributed by atoms with E-state index in [1.807, 2.05) is 0 Å². The zero-order valence-electron chi connectivity index (χ0n) is 14.8. The van der Waals surface area contributed by atoms with Gasteiger partial charge < -0.3 is 10.1 Å². The molecule has 2 heterocycles. The number of hydrogen-bond donors (Lipinski definition) is 1. The Morgan fingerprint density at radius 2 is 2.07 bits per heavy atom. The maximum Gasteiger partial charge on any atom is 0.269 e. The molecule has 2 aromatic heterocycles. The standard InChI is InChI=1S/C20H15FN4O3/c1-2-23-18(26)13(12-22)11-14-19(28-16-8-4-3-7-15(16)21)24-17-9-5-6-10-25(17)20(14)27/h3-11H,2H2,1H3,(H,23,26)/b13-11+. The number of para-hydroxylation sites is 1. The molecular formula is C20H15FN4O3. The second kappa shape index (κ2) is 8.14. The average molecular weight is 378 g/mol. The molecule has 1 aromatic carbocycles. The summed E-state index contributed by atoms with van der Waals surface area (Å²) in [6, 6.07) is 12.3. The minimum absolute atomic E-state index is 0.138. The lowest BCUT2D eigenvalue weighted by molar-refractivity contribution is -0.116. The number of halogens is 1. The number of hydrogen-bond acceptors (Lipinski definition) is 5. The predicted molar refractivity (Wildman–Crippen MR) is 100 cm³/mol. The van der Waals surface area contributed by atoms with Gasteiger partial charge in [0.05, 0.1) is 0 Å². The van der Waals surface area contributed by atoms with Crippen LogP contribution < -0.4 is 15.6 Å². The number of nitriles is 1. The Morgan fingerprint density at radius 3 is 2.79 bits per heavy atom. The molecule has 0 unspecified atom stereocenters. The van der Waals surface area contributed by atoms with E-state index >= 15 is 0 Å². The van der Waals surface area contributed by atoms with Gasteiger partial charge in [-0.15, -0.1) is 0 Å². The van der Waals surface area contributed by atoms with Crippen molar-refractivity contribution >= 4 is 17.6 Å². The highest BCUT2D eigenvalue weighted by molar-refractivity contribution is 6.01. The van der Waals surface area contributed by atoms with E-state index in [-0.39, 0.29) is 28.4 Å². The van der Waals surface area contributed by atoms with Crippen LogP contribution in [0.25, 0.3) is 11.7 Å². The smallest absolute Gasteiger partial charge is 0.269 e. The van der Waals surface area contributed by atoms with Crippen LogP contribution in [0, 0.1) is 17.1 Å². The fourth-order valence-electron chi connectivity index (χ4n) is 2.46. The molecule has 0 radical (unpaired) electrons. The van der Waals surface area contributed by atoms with Crippen molar-refractivity contribution in [2.45, 2.75) is 6.92 Å². The first-order valence-corrected chi connectivity index (χ1v) is 8.39. The van der Waals surface area contributed by atoms with Gasteiger partial charge in [0.2, 0.25) is 5.88 Å². The van der Waals surface area contributed by atoms with Crippen molar-refractivity contribution in [2.75, 3.05) is 6.54 Å². The van der Waals surface area contributed by atoms with Crippen molar-refractivity contribution in [3.63, 3.8) is 0 Å². The molecule has 0 saturated carbocycles. The molecule has 1 N–H and O–H groups in total. The molecule has 0 aliphatic carbocycles. The van der Waals surface area contributed by atoms with Gasteiger partial charge >= 0.3 is 0 Å². The van der Waals surface area contributed by atoms with Crippen LogP contribution in [0.1, 0.15) is 12.5 Å². The van der Waals surface area contributed by atoms with Gasteiger partial charge in [-0.05, 0) is 37.3 Å². The number of fused-ring (bicyclic) bond motifs is 1. The fraction of sp³-hybridized carbons (Fsp3) is 0.100. The Kier molecular flexibility index (Phi) is 5.46. The van der Waals surface area contributed by atoms with Crippen LogP contribution >= 0.6 is 0 Å². The number of ether oxygens (including phenoxy) is 1. The molecule has 0 fully saturated rings. The Hall–Kier alpha value is -3.99. The number of carbonyl (C=O) groups is 1. The molecule has 0 aliphatic rings. The molecule has 0 atom stereocenters. The molecule has 8 heteroatoms. The van der Waals surface area contributed by atoms with Crippen molar-refractivity contribution in [1.29, 1.82) is 5.26 Å². The highest BCUT2D eigenvalue weighted by Crippen LogP contribution is 2.26. The number of likely N-dealkylation sites (N-methyl/N-ethyl adjacent to an activating group) is 1. The molecule has 1 amide bonds. The topological polar surface area (TPSA) is 96.5 Å². The number of pyridine rings is 1. The molecule has 140 valence electrons. The summed E-state index contributed by atoms with van der Waals surface area (Å²) in [5.41, 5.74) is -0.730. The lowest BCUT2D eigenvalue weighted by Gasteiger charge is -2.10. The maximum absolute atomic E-state index is 14.0. The summed E-state index contributed by atoms with van der Waals surface area (Å²) in [4.78, 5) is 29.2. The predicted octanol–water partition coefficient (Wildman–Crippen LogP) is 2.67. The third-order valence-corrected chi connectivity index (χ3v) is 3.77. The average Bonchev–Trinajstić information content (AvgIpc) is 2.70. The van der Waals surface area contributed by atoms with Crippen LogP contribution in [0.2, 0.25) is 0 Å². The van der Waals surface area contributed by atoms with Crippen molar-refractivity contribution in [3.8, 4) is 17.7 Å². The van der Waals surface area contributed by atoms with Gasteiger partial charge in [-0.1, -0.05) is 18.2 Å². The number of nitrogens with one attached hydrogen (secondary N) is 1. The first kappa shape index (κ1) is 18.8. The maximum atomic E-state index is 14.0. The Balaban J connectivity index is 2.23. The van der Waals surface area contributed by atoms with Crippen LogP contribution in [0.5, 0.6) is 11.6 Å². The molecule has 7 nitrogen and oxygen atoms in total. The third-order valence-electron chi connectivity index (χ3n) is 3.77. The normalized spacial score (nSPS) is 11.1. The summed E-state index contributed by atoms with van der Waals surface area (Å²) >= 11 is 0. The number of aromatic nitrogens is 2. The Bertz CT molecular complexity index is 1180. The van der Waals surface area contributed by atoms with Gasteiger partial charge in [-0.25, -0.2) is 4.39 Å². The second-order valence-electron chi connectivity index (χ2n) is 5.63. The highest BCUT2D eigenvalue weighted by atomic mass is 19.1. The van der Waals surface area contributed by atoms with E-state index in [0.29, 0.717) is 6.54 Å². The summed E-state index contributed by atoms with van der Waals surface area (Å²) in [7, 11) is 0. The molecule has 28 heavy (non-hydrogen) atoms. The minimum atomic E-state index is -0.642. The Morgan fingerprint density at radius 1 is 1.32 bits per heavy atom. The fourth-order valence-corrected chi connectivity index (χ4v) is 2.46. The number of rotatable bonds is 5. The van der Waals surface area contributed by atoms with E-state index < -0.39 is 17.3 Å². The first-order valence-electron chi connectivity index (χ1n) is 8.39. The number of nitrogens with zero attached hydrogens (tertiary/aromatic N) is 3. The minimum Gasteiger partial charge on any atom is -0.435 e. The van der Waals surface area contributed by atoms with E-state index in [0.717, 1.165) is 6.08 Å². The largest absolute Gasteiger partial charge is 0.435 e. The molecule has 0 saturated heterocycles. The van der Waals surface area contributed by atoms with Crippen molar-refractivity contribution in [2.24, 2.45) is 0 Å². The number of carbonyl (C=O) groups excluding carboxylic acids is 1. The zero-order chi connectivity index (χ0) is 20.1. The summed E-state index contributed by atoms with van der Waals surface area (Å²) < 4.78 is 20.8. The van der Waals surface area contributed by atoms with Crippen LogP contribution in [0.15, 0.2) is 59.0 Å². The van der Waals surface area contributed by atoms with Gasteiger partial charge in [0.15, 0.2) is 11.6 Å². The number of amides is 1. The van der Waals surface area contributed by atoms with Gasteiger partial charge in [0.1, 0.15) is 22.9 Å². The van der Waals surface area contributed by atoms with Crippen LogP contribution in [0.3, 0.4) is 0 Å². The molecule has 0 bridgehead atoms. The monoisotopic (exact) mass is 378 g/mol. The second-order valence-corrected chi connectivity index (χ2v) is 5.63. The molecule has 3 aromatic rings. The van der Waals surface area contributed by atoms with Crippen molar-refractivity contribution in [1.82, 2.24) is 14.7 Å². The van der Waals surface area contributed by atoms with E-state index in [1.165, 1.54) is 28.8 Å². The van der Waals surface area contributed by atoms with Crippen LogP contribution in [-0.2, 0) is 4.79 Å². The molecule has 0 spiro atoms. The summed E-state index contributed by atoms with van der Waals surface area (Å²) in [6.45, 7) is 2.01. The van der Waals surface area contributed by atoms with E-state index in [9.17, 15) is 19.2 Å². The quantitative estimate of drug-likeness (QED) is 0.544. The summed E-state index contributed by atoms with van der Waals surface area (Å²) in [6.07, 6.45) is 2.59. The highest BCUT2D eigenvalue weighted by Gasteiger charge is 2.17. The molecular weight excluding hydrogens is 363 g/mol. The zero-order valence-corrected chi connectivity index (χ0v) is 14.8. The summed E-state index contributed by atoms with van der Waals surface area (Å²) in [5, 5.41) is 11.8. The van der Waals surface area contributed by atoms with Gasteiger partial charge in [-0.2, -0.15) is 10.2 Å². The molecule has 0 aliphatic heterocycles. The lowest BCUT2D eigenvalue weighted by atomic mass is 10.1. The SMILES string of the molecule is CCNC(=O)/C(C#N)=C/c1c(Oc2ccccc2F)nc2ccccn2c1=O. The van der Waals surface area contributed by atoms with E-state index in [2.05, 4.69) is 10.3 Å². The first-order chi connectivity index (χ1) is 13.5. The van der Waals surface area contributed by atoms with Gasteiger partial charge in [-0.3, -0.25) is 14.0 Å². The van der Waals surface area contributed by atoms with Gasteiger partial charge in [0.25, 0.3) is 11.5 Å². The van der Waals surface area contributed by atoms with E-state index in [1.54, 1.807) is 37.3 Å². The van der Waals surface area contributed by atoms with Crippen LogP contribution in [0.4, 0.5) is 4.39 Å². The number of benzene rings is 1. The Labute approximate surface area is 159 Å². The van der Waals surface area contributed by atoms with Gasteiger partial charge in [0, 0.05) is 12.7 Å². The third kappa shape index (κ3) is 3.73. The lowest BCUT2D eigenvalue weighted by Crippen LogP contribution is -2.25. The molecule has 3 rings (SSSR count). The van der Waals surface area contributed by atoms with Crippen molar-refractivity contribution < 1.29 is 13.9 Å². The van der Waals surface area contributed by atoms with Crippen molar-refractivity contribution in [3.05, 3.63) is 76.0 Å². The van der Waals surface area contributed by atoms with Crippen LogP contribution in [-0.4, -0.2) is 21.8 Å². The van der Waals surface area contributed by atoms with E-state index in [4.69, 9.17) is 4.74 Å².